The van der Waals surface area contributed by atoms with Crippen molar-refractivity contribution in [3.8, 4) is 0 Å². The topological polar surface area (TPSA) is 71.6 Å². The van der Waals surface area contributed by atoms with Gasteiger partial charge in [-0.05, 0) is 48.7 Å². The van der Waals surface area contributed by atoms with Crippen LogP contribution in [0.25, 0.3) is 6.08 Å². The van der Waals surface area contributed by atoms with Gasteiger partial charge in [0.15, 0.2) is 11.0 Å². The van der Waals surface area contributed by atoms with Gasteiger partial charge in [-0.15, -0.1) is 0 Å². The summed E-state index contributed by atoms with van der Waals surface area (Å²) in [4.78, 5) is 23.3. The minimum Gasteiger partial charge on any atom is -0.339 e. The zero-order chi connectivity index (χ0) is 22.2. The second-order valence-electron chi connectivity index (χ2n) is 7.30. The van der Waals surface area contributed by atoms with Crippen LogP contribution in [0.2, 0.25) is 10.0 Å². The Kier molecular flexibility index (Phi) is 5.75. The second kappa shape index (κ2) is 8.69. The van der Waals surface area contributed by atoms with Gasteiger partial charge in [-0.1, -0.05) is 58.3 Å². The number of amides is 1. The summed E-state index contributed by atoms with van der Waals surface area (Å²) in [6, 6.07) is 11.1. The molecule has 10 heteroatoms. The van der Waals surface area contributed by atoms with E-state index in [9.17, 15) is 9.18 Å². The lowest BCUT2D eigenvalue weighted by Crippen LogP contribution is -2.31. The molecule has 0 radical (unpaired) electrons. The average Bonchev–Trinajstić information content (AvgIpc) is 3.45. The van der Waals surface area contributed by atoms with Gasteiger partial charge in [-0.3, -0.25) is 9.69 Å². The van der Waals surface area contributed by atoms with Gasteiger partial charge in [0.2, 0.25) is 5.89 Å². The van der Waals surface area contributed by atoms with Crippen LogP contribution in [0.1, 0.15) is 36.0 Å². The minimum atomic E-state index is -0.527. The van der Waals surface area contributed by atoms with Crippen molar-refractivity contribution in [1.82, 2.24) is 10.1 Å². The van der Waals surface area contributed by atoms with E-state index in [4.69, 9.17) is 27.7 Å². The predicted octanol–water partition coefficient (Wildman–Crippen LogP) is 6.07. The van der Waals surface area contributed by atoms with Crippen molar-refractivity contribution in [2.24, 2.45) is 4.99 Å². The fourth-order valence-corrected chi connectivity index (χ4v) is 4.31. The standard InChI is InChI=1S/C22H15Cl2FN4O2S/c23-14-8-5-12(9-15(14)24)10-17-21(30)29(18-4-2-1-3-16(18)25)22(26-17)32-11-19-27-20(31-28-19)13-6-7-13/h1-5,8-10,13H,6-7,11H2/b17-10-. The second-order valence-corrected chi connectivity index (χ2v) is 9.06. The van der Waals surface area contributed by atoms with Crippen molar-refractivity contribution in [2.45, 2.75) is 24.5 Å². The normalized spacial score (nSPS) is 17.3. The summed E-state index contributed by atoms with van der Waals surface area (Å²) in [7, 11) is 0. The van der Waals surface area contributed by atoms with Crippen molar-refractivity contribution in [2.75, 3.05) is 4.90 Å². The van der Waals surface area contributed by atoms with Crippen LogP contribution in [-0.4, -0.2) is 21.2 Å². The van der Waals surface area contributed by atoms with Gasteiger partial charge in [-0.2, -0.15) is 4.98 Å². The molecule has 0 unspecified atom stereocenters. The summed E-state index contributed by atoms with van der Waals surface area (Å²) in [5.74, 6) is 0.838. The van der Waals surface area contributed by atoms with Crippen LogP contribution in [-0.2, 0) is 10.5 Å². The molecule has 0 bridgehead atoms. The third-order valence-electron chi connectivity index (χ3n) is 4.91. The lowest BCUT2D eigenvalue weighted by molar-refractivity contribution is -0.113. The Morgan fingerprint density at radius 1 is 1.19 bits per heavy atom. The number of halogens is 3. The Hall–Kier alpha value is -2.68. The fraction of sp³-hybridized carbons (Fsp3) is 0.182. The molecule has 0 atom stereocenters. The van der Waals surface area contributed by atoms with Crippen LogP contribution < -0.4 is 4.90 Å². The molecular formula is C22H15Cl2FN4O2S. The van der Waals surface area contributed by atoms with E-state index in [0.717, 1.165) is 12.8 Å². The van der Waals surface area contributed by atoms with Crippen LogP contribution in [0, 0.1) is 5.82 Å². The van der Waals surface area contributed by atoms with E-state index in [0.29, 0.717) is 44.2 Å². The quantitative estimate of drug-likeness (QED) is 0.407. The van der Waals surface area contributed by atoms with Gasteiger partial charge in [0, 0.05) is 5.92 Å². The van der Waals surface area contributed by atoms with Gasteiger partial charge in [0.1, 0.15) is 11.5 Å². The molecule has 162 valence electrons. The summed E-state index contributed by atoms with van der Waals surface area (Å²) in [6.07, 6.45) is 3.70. The zero-order valence-corrected chi connectivity index (χ0v) is 18.8. The molecule has 1 aromatic heterocycles. The maximum absolute atomic E-state index is 14.6. The molecule has 0 spiro atoms. The van der Waals surface area contributed by atoms with Crippen LogP contribution in [0.3, 0.4) is 0 Å². The fourth-order valence-electron chi connectivity index (χ4n) is 3.15. The molecule has 32 heavy (non-hydrogen) atoms. The molecule has 1 saturated carbocycles. The van der Waals surface area contributed by atoms with Crippen LogP contribution in [0.15, 0.2) is 57.7 Å². The van der Waals surface area contributed by atoms with Crippen molar-refractivity contribution < 1.29 is 13.7 Å². The van der Waals surface area contributed by atoms with Crippen molar-refractivity contribution in [3.63, 3.8) is 0 Å². The maximum Gasteiger partial charge on any atom is 0.283 e. The van der Waals surface area contributed by atoms with Crippen molar-refractivity contribution in [3.05, 3.63) is 81.3 Å². The van der Waals surface area contributed by atoms with E-state index in [-0.39, 0.29) is 11.4 Å². The number of aromatic nitrogens is 2. The van der Waals surface area contributed by atoms with Crippen molar-refractivity contribution >= 4 is 57.8 Å². The number of amidine groups is 1. The monoisotopic (exact) mass is 488 g/mol. The van der Waals surface area contributed by atoms with Gasteiger partial charge in [0.05, 0.1) is 21.5 Å². The van der Waals surface area contributed by atoms with Gasteiger partial charge >= 0.3 is 0 Å². The number of nitrogens with zero attached hydrogens (tertiary/aromatic N) is 4. The SMILES string of the molecule is O=C1/C(=C/c2ccc(Cl)c(Cl)c2)N=C(SCc2noc(C3CC3)n2)N1c1ccccc1F. The molecule has 1 amide bonds. The number of aliphatic imine (C=N–C) groups is 1. The Morgan fingerprint density at radius 2 is 2.00 bits per heavy atom. The highest BCUT2D eigenvalue weighted by molar-refractivity contribution is 8.13. The lowest BCUT2D eigenvalue weighted by atomic mass is 10.2. The molecule has 2 aromatic carbocycles. The molecule has 1 aliphatic heterocycles. The number of anilines is 1. The van der Waals surface area contributed by atoms with E-state index in [2.05, 4.69) is 15.1 Å². The smallest absolute Gasteiger partial charge is 0.283 e. The van der Waals surface area contributed by atoms with E-state index in [1.807, 2.05) is 0 Å². The first-order valence-electron chi connectivity index (χ1n) is 9.79. The number of benzene rings is 2. The highest BCUT2D eigenvalue weighted by Crippen LogP contribution is 2.39. The number of hydrogen-bond donors (Lipinski definition) is 0. The van der Waals surface area contributed by atoms with E-state index >= 15 is 0 Å². The van der Waals surface area contributed by atoms with E-state index < -0.39 is 11.7 Å². The number of para-hydroxylation sites is 1. The first-order valence-corrected chi connectivity index (χ1v) is 11.5. The highest BCUT2D eigenvalue weighted by Gasteiger charge is 2.34. The van der Waals surface area contributed by atoms with Gasteiger partial charge in [0.25, 0.3) is 5.91 Å². The molecule has 0 saturated heterocycles. The third-order valence-corrected chi connectivity index (χ3v) is 6.58. The molecule has 6 nitrogen and oxygen atoms in total. The van der Waals surface area contributed by atoms with Gasteiger partial charge in [-0.25, -0.2) is 9.38 Å². The Morgan fingerprint density at radius 3 is 2.75 bits per heavy atom. The van der Waals surface area contributed by atoms with E-state index in [1.165, 1.54) is 28.8 Å². The van der Waals surface area contributed by atoms with Crippen LogP contribution in [0.5, 0.6) is 0 Å². The number of thioether (sulfide) groups is 1. The van der Waals surface area contributed by atoms with Crippen molar-refractivity contribution in [1.29, 1.82) is 0 Å². The van der Waals surface area contributed by atoms with Crippen LogP contribution >= 0.6 is 35.0 Å². The van der Waals surface area contributed by atoms with E-state index in [1.54, 1.807) is 36.4 Å². The average molecular weight is 489 g/mol. The first kappa shape index (κ1) is 21.2. The maximum atomic E-state index is 14.6. The number of hydrogen-bond acceptors (Lipinski definition) is 6. The number of rotatable bonds is 5. The summed E-state index contributed by atoms with van der Waals surface area (Å²) < 4.78 is 19.8. The highest BCUT2D eigenvalue weighted by atomic mass is 35.5. The third kappa shape index (κ3) is 4.30. The predicted molar refractivity (Wildman–Crippen MR) is 123 cm³/mol. The summed E-state index contributed by atoms with van der Waals surface area (Å²) in [5, 5.41) is 5.09. The molecular weight excluding hydrogens is 474 g/mol. The number of carbonyl (C=O) groups is 1. The summed E-state index contributed by atoms with van der Waals surface area (Å²) in [6.45, 7) is 0. The minimum absolute atomic E-state index is 0.119. The molecule has 2 aliphatic rings. The molecule has 1 aliphatic carbocycles. The molecule has 0 N–H and O–H groups in total. The number of carbonyl (C=O) groups excluding carboxylic acids is 1. The summed E-state index contributed by atoms with van der Waals surface area (Å²) >= 11 is 13.3. The molecule has 5 rings (SSSR count). The Balaban J connectivity index is 1.46. The first-order chi connectivity index (χ1) is 15.5. The van der Waals surface area contributed by atoms with Crippen LogP contribution in [0.4, 0.5) is 10.1 Å². The Labute approximate surface area is 197 Å². The summed E-state index contributed by atoms with van der Waals surface area (Å²) in [5.41, 5.74) is 0.924. The largest absolute Gasteiger partial charge is 0.339 e. The Bertz CT molecular complexity index is 1270. The van der Waals surface area contributed by atoms with Gasteiger partial charge < -0.3 is 4.52 Å². The zero-order valence-electron chi connectivity index (χ0n) is 16.5. The molecule has 2 heterocycles. The molecule has 3 aromatic rings. The lowest BCUT2D eigenvalue weighted by Gasteiger charge is -2.17. The molecule has 1 fully saturated rings.